The zero-order valence-corrected chi connectivity index (χ0v) is 7.21. The quantitative estimate of drug-likeness (QED) is 0.615. The highest BCUT2D eigenvalue weighted by molar-refractivity contribution is 4.79. The third-order valence-electron chi connectivity index (χ3n) is 2.05. The zero-order chi connectivity index (χ0) is 8.27. The van der Waals surface area contributed by atoms with Crippen LogP contribution in [-0.2, 0) is 4.74 Å². The zero-order valence-electron chi connectivity index (χ0n) is 7.21. The van der Waals surface area contributed by atoms with Crippen molar-refractivity contribution in [2.45, 2.75) is 38.5 Å². The van der Waals surface area contributed by atoms with E-state index in [2.05, 4.69) is 12.2 Å². The molecule has 0 bridgehead atoms. The second kappa shape index (κ2) is 4.04. The van der Waals surface area contributed by atoms with Gasteiger partial charge in [-0.05, 0) is 20.3 Å². The van der Waals surface area contributed by atoms with Crippen molar-refractivity contribution < 1.29 is 9.84 Å². The first kappa shape index (κ1) is 8.97. The van der Waals surface area contributed by atoms with Gasteiger partial charge in [-0.15, -0.1) is 0 Å². The number of rotatable bonds is 3. The van der Waals surface area contributed by atoms with E-state index in [4.69, 9.17) is 9.84 Å². The smallest absolute Gasteiger partial charge is 0.0700 e. The van der Waals surface area contributed by atoms with Crippen LogP contribution >= 0.6 is 0 Å². The Labute approximate surface area is 67.7 Å². The summed E-state index contributed by atoms with van der Waals surface area (Å²) < 4.78 is 5.35. The summed E-state index contributed by atoms with van der Waals surface area (Å²) in [4.78, 5) is 0. The minimum absolute atomic E-state index is 0.261. The van der Waals surface area contributed by atoms with Gasteiger partial charge in [0, 0.05) is 19.2 Å². The fraction of sp³-hybridized carbons (Fsp3) is 1.00. The third kappa shape index (κ3) is 2.77. The van der Waals surface area contributed by atoms with Crippen LogP contribution in [0.1, 0.15) is 20.3 Å². The molecule has 3 atom stereocenters. The topological polar surface area (TPSA) is 41.5 Å². The Morgan fingerprint density at radius 1 is 1.73 bits per heavy atom. The Balaban J connectivity index is 2.15. The summed E-state index contributed by atoms with van der Waals surface area (Å²) in [6.07, 6.45) is 1.10. The predicted molar refractivity (Wildman–Crippen MR) is 43.5 cm³/mol. The highest BCUT2D eigenvalue weighted by Gasteiger charge is 2.23. The van der Waals surface area contributed by atoms with E-state index in [1.165, 1.54) is 0 Å². The molecule has 0 radical (unpaired) electrons. The number of hydrogen-bond acceptors (Lipinski definition) is 3. The van der Waals surface area contributed by atoms with Crippen LogP contribution in [0.25, 0.3) is 0 Å². The number of hydrogen-bond donors (Lipinski definition) is 2. The van der Waals surface area contributed by atoms with Crippen LogP contribution in [0, 0.1) is 0 Å². The maximum atomic E-state index is 9.00. The Morgan fingerprint density at radius 3 is 2.91 bits per heavy atom. The second-order valence-electron chi connectivity index (χ2n) is 3.23. The molecule has 11 heavy (non-hydrogen) atoms. The van der Waals surface area contributed by atoms with E-state index in [1.807, 2.05) is 0 Å². The largest absolute Gasteiger partial charge is 0.392 e. The third-order valence-corrected chi connectivity index (χ3v) is 2.05. The first-order chi connectivity index (χ1) is 5.20. The van der Waals surface area contributed by atoms with Crippen LogP contribution in [0.2, 0.25) is 0 Å². The maximum absolute atomic E-state index is 9.00. The number of aliphatic hydroxyl groups is 1. The van der Waals surface area contributed by atoms with Gasteiger partial charge in [-0.1, -0.05) is 0 Å². The van der Waals surface area contributed by atoms with Gasteiger partial charge in [-0.25, -0.2) is 0 Å². The minimum atomic E-state index is -0.261. The SMILES string of the molecule is C[C@@H]1OCC[C@H]1NC[C@@H](C)O. The van der Waals surface area contributed by atoms with Crippen molar-refractivity contribution in [2.75, 3.05) is 13.2 Å². The highest BCUT2D eigenvalue weighted by Crippen LogP contribution is 2.11. The van der Waals surface area contributed by atoms with Gasteiger partial charge in [0.05, 0.1) is 12.2 Å². The molecule has 0 saturated carbocycles. The molecule has 1 saturated heterocycles. The van der Waals surface area contributed by atoms with Gasteiger partial charge in [0.25, 0.3) is 0 Å². The number of nitrogens with one attached hydrogen (secondary N) is 1. The molecule has 2 N–H and O–H groups in total. The molecular weight excluding hydrogens is 142 g/mol. The average Bonchev–Trinajstić information content (AvgIpc) is 2.31. The number of aliphatic hydroxyl groups excluding tert-OH is 1. The lowest BCUT2D eigenvalue weighted by Crippen LogP contribution is -2.38. The Morgan fingerprint density at radius 2 is 2.45 bits per heavy atom. The first-order valence-corrected chi connectivity index (χ1v) is 4.23. The van der Waals surface area contributed by atoms with Crippen LogP contribution < -0.4 is 5.32 Å². The fourth-order valence-electron chi connectivity index (χ4n) is 1.32. The van der Waals surface area contributed by atoms with Crippen LogP contribution in [0.15, 0.2) is 0 Å². The van der Waals surface area contributed by atoms with E-state index in [0.29, 0.717) is 18.7 Å². The van der Waals surface area contributed by atoms with E-state index >= 15 is 0 Å². The van der Waals surface area contributed by atoms with E-state index in [9.17, 15) is 0 Å². The molecule has 0 aromatic heterocycles. The lowest BCUT2D eigenvalue weighted by molar-refractivity contribution is 0.108. The lowest BCUT2D eigenvalue weighted by Gasteiger charge is -2.16. The molecule has 1 rings (SSSR count). The molecule has 0 aromatic rings. The minimum Gasteiger partial charge on any atom is -0.392 e. The second-order valence-corrected chi connectivity index (χ2v) is 3.23. The average molecular weight is 159 g/mol. The van der Waals surface area contributed by atoms with Crippen molar-refractivity contribution in [1.29, 1.82) is 0 Å². The molecule has 66 valence electrons. The summed E-state index contributed by atoms with van der Waals surface area (Å²) >= 11 is 0. The van der Waals surface area contributed by atoms with Gasteiger partial charge in [-0.2, -0.15) is 0 Å². The predicted octanol–water partition coefficient (Wildman–Crippen LogP) is 0.134. The Kier molecular flexibility index (Phi) is 3.30. The summed E-state index contributed by atoms with van der Waals surface area (Å²) in [5, 5.41) is 12.3. The highest BCUT2D eigenvalue weighted by atomic mass is 16.5. The summed E-state index contributed by atoms with van der Waals surface area (Å²) in [7, 11) is 0. The molecule has 1 fully saturated rings. The van der Waals surface area contributed by atoms with Crippen LogP contribution in [-0.4, -0.2) is 36.5 Å². The summed E-state index contributed by atoms with van der Waals surface area (Å²) in [5.74, 6) is 0. The normalized spacial score (nSPS) is 34.1. The number of ether oxygens (including phenoxy) is 1. The van der Waals surface area contributed by atoms with E-state index in [-0.39, 0.29) is 6.10 Å². The van der Waals surface area contributed by atoms with Gasteiger partial charge >= 0.3 is 0 Å². The lowest BCUT2D eigenvalue weighted by atomic mass is 10.1. The molecule has 1 aliphatic heterocycles. The maximum Gasteiger partial charge on any atom is 0.0700 e. The van der Waals surface area contributed by atoms with E-state index in [0.717, 1.165) is 13.0 Å². The molecular formula is C8H17NO2. The molecule has 0 spiro atoms. The summed E-state index contributed by atoms with van der Waals surface area (Å²) in [5.41, 5.74) is 0. The van der Waals surface area contributed by atoms with Crippen molar-refractivity contribution in [2.24, 2.45) is 0 Å². The molecule has 3 nitrogen and oxygen atoms in total. The summed E-state index contributed by atoms with van der Waals surface area (Å²) in [6.45, 7) is 5.36. The Bertz CT molecular complexity index is 117. The standard InChI is InChI=1S/C8H17NO2/c1-6(10)5-9-8-3-4-11-7(8)2/h6-10H,3-5H2,1-2H3/t6-,7+,8-/m1/s1. The van der Waals surface area contributed by atoms with Crippen LogP contribution in [0.5, 0.6) is 0 Å². The van der Waals surface area contributed by atoms with Crippen molar-refractivity contribution >= 4 is 0 Å². The molecule has 0 amide bonds. The van der Waals surface area contributed by atoms with Crippen molar-refractivity contribution in [3.63, 3.8) is 0 Å². The Hall–Kier alpha value is -0.120. The molecule has 3 heteroatoms. The van der Waals surface area contributed by atoms with Gasteiger partial charge in [-0.3, -0.25) is 0 Å². The monoisotopic (exact) mass is 159 g/mol. The fourth-order valence-corrected chi connectivity index (χ4v) is 1.32. The molecule has 0 aliphatic carbocycles. The van der Waals surface area contributed by atoms with Crippen molar-refractivity contribution in [3.8, 4) is 0 Å². The van der Waals surface area contributed by atoms with Crippen LogP contribution in [0.3, 0.4) is 0 Å². The molecule has 1 heterocycles. The molecule has 0 unspecified atom stereocenters. The van der Waals surface area contributed by atoms with Gasteiger partial charge in [0.1, 0.15) is 0 Å². The molecule has 0 aromatic carbocycles. The van der Waals surface area contributed by atoms with Gasteiger partial charge < -0.3 is 15.2 Å². The van der Waals surface area contributed by atoms with Crippen LogP contribution in [0.4, 0.5) is 0 Å². The first-order valence-electron chi connectivity index (χ1n) is 4.23. The van der Waals surface area contributed by atoms with Gasteiger partial charge in [0.15, 0.2) is 0 Å². The van der Waals surface area contributed by atoms with E-state index < -0.39 is 0 Å². The summed E-state index contributed by atoms with van der Waals surface area (Å²) in [6, 6.07) is 0.435. The van der Waals surface area contributed by atoms with Crippen molar-refractivity contribution in [1.82, 2.24) is 5.32 Å². The molecule has 1 aliphatic rings. The van der Waals surface area contributed by atoms with Gasteiger partial charge in [0.2, 0.25) is 0 Å². The van der Waals surface area contributed by atoms with E-state index in [1.54, 1.807) is 6.92 Å². The van der Waals surface area contributed by atoms with Crippen molar-refractivity contribution in [3.05, 3.63) is 0 Å².